The van der Waals surface area contributed by atoms with Crippen molar-refractivity contribution in [1.29, 1.82) is 0 Å². The highest BCUT2D eigenvalue weighted by Gasteiger charge is 2.18. The molecule has 0 spiro atoms. The van der Waals surface area contributed by atoms with Crippen molar-refractivity contribution in [3.05, 3.63) is 54.3 Å². The Morgan fingerprint density at radius 1 is 1.03 bits per heavy atom. The maximum absolute atomic E-state index is 12.9. The van der Waals surface area contributed by atoms with Crippen LogP contribution in [-0.4, -0.2) is 47.1 Å². The van der Waals surface area contributed by atoms with Gasteiger partial charge in [0.2, 0.25) is 11.8 Å². The molecule has 2 rings (SSSR count). The minimum atomic E-state index is -0.489. The van der Waals surface area contributed by atoms with Crippen LogP contribution >= 0.6 is 23.5 Å². The summed E-state index contributed by atoms with van der Waals surface area (Å²) in [6.45, 7) is 1.70. The van der Waals surface area contributed by atoms with Gasteiger partial charge in [-0.15, -0.1) is 11.8 Å². The Labute approximate surface area is 177 Å². The number of para-hydroxylation sites is 1. The van der Waals surface area contributed by atoms with E-state index in [4.69, 9.17) is 0 Å². The number of nitrogens with zero attached hydrogens (tertiary/aromatic N) is 1. The van der Waals surface area contributed by atoms with Gasteiger partial charge >= 0.3 is 0 Å². The van der Waals surface area contributed by atoms with Crippen LogP contribution in [0.25, 0.3) is 0 Å². The normalized spacial score (nSPS) is 11.4. The van der Waals surface area contributed by atoms with Gasteiger partial charge in [-0.3, -0.25) is 14.4 Å². The number of hydrogen-bond acceptors (Lipinski definition) is 5. The molecule has 6 nitrogen and oxygen atoms in total. The molecule has 0 aromatic heterocycles. The van der Waals surface area contributed by atoms with Crippen LogP contribution in [0.3, 0.4) is 0 Å². The van der Waals surface area contributed by atoms with Gasteiger partial charge in [-0.2, -0.15) is 0 Å². The van der Waals surface area contributed by atoms with Crippen LogP contribution < -0.4 is 10.6 Å². The van der Waals surface area contributed by atoms with Crippen molar-refractivity contribution in [3.8, 4) is 0 Å². The Balaban J connectivity index is 1.88. The highest BCUT2D eigenvalue weighted by molar-refractivity contribution is 8.13. The molecule has 154 valence electrons. The van der Waals surface area contributed by atoms with Crippen LogP contribution in [0, 0.1) is 5.82 Å². The van der Waals surface area contributed by atoms with Gasteiger partial charge in [0.1, 0.15) is 5.82 Å². The molecule has 0 heterocycles. The Morgan fingerprint density at radius 3 is 2.34 bits per heavy atom. The Morgan fingerprint density at radius 2 is 1.69 bits per heavy atom. The van der Waals surface area contributed by atoms with E-state index in [-0.39, 0.29) is 28.6 Å². The summed E-state index contributed by atoms with van der Waals surface area (Å²) < 4.78 is 12.9. The number of hydrogen-bond donors (Lipinski definition) is 2. The predicted molar refractivity (Wildman–Crippen MR) is 117 cm³/mol. The topological polar surface area (TPSA) is 78.5 Å². The Kier molecular flexibility index (Phi) is 8.53. The van der Waals surface area contributed by atoms with Crippen LogP contribution in [-0.2, 0) is 9.59 Å². The fourth-order valence-corrected chi connectivity index (χ4v) is 3.52. The lowest BCUT2D eigenvalue weighted by atomic mass is 10.3. The van der Waals surface area contributed by atoms with Crippen molar-refractivity contribution in [3.63, 3.8) is 0 Å². The van der Waals surface area contributed by atoms with Gasteiger partial charge < -0.3 is 15.5 Å². The second kappa shape index (κ2) is 10.9. The summed E-state index contributed by atoms with van der Waals surface area (Å²) in [7, 11) is 3.32. The van der Waals surface area contributed by atoms with E-state index in [1.807, 2.05) is 0 Å². The van der Waals surface area contributed by atoms with E-state index < -0.39 is 5.25 Å². The zero-order valence-electron chi connectivity index (χ0n) is 16.3. The standard InChI is InChI=1S/C20H22FN3O3S2/c1-13(28-12-18(25)22-15-10-8-14(21)9-11-15)19(26)23-16-6-4-5-7-17(16)29-20(27)24(2)3/h4-11,13H,12H2,1-3H3,(H,22,25)(H,23,26). The highest BCUT2D eigenvalue weighted by atomic mass is 32.2. The number of anilines is 2. The van der Waals surface area contributed by atoms with Gasteiger partial charge in [0.05, 0.1) is 16.7 Å². The van der Waals surface area contributed by atoms with Crippen molar-refractivity contribution in [2.75, 3.05) is 30.5 Å². The average molecular weight is 436 g/mol. The minimum absolute atomic E-state index is 0.0709. The monoisotopic (exact) mass is 435 g/mol. The fraction of sp³-hybridized carbons (Fsp3) is 0.250. The third kappa shape index (κ3) is 7.43. The van der Waals surface area contributed by atoms with E-state index in [1.54, 1.807) is 45.3 Å². The van der Waals surface area contributed by atoms with Crippen LogP contribution in [0.4, 0.5) is 20.6 Å². The molecule has 0 aliphatic rings. The molecule has 1 atom stereocenters. The van der Waals surface area contributed by atoms with E-state index in [0.29, 0.717) is 16.3 Å². The molecular weight excluding hydrogens is 413 g/mol. The highest BCUT2D eigenvalue weighted by Crippen LogP contribution is 2.29. The van der Waals surface area contributed by atoms with E-state index in [2.05, 4.69) is 10.6 Å². The van der Waals surface area contributed by atoms with Crippen molar-refractivity contribution >= 4 is 52.0 Å². The largest absolute Gasteiger partial charge is 0.339 e. The van der Waals surface area contributed by atoms with E-state index in [1.165, 1.54) is 40.9 Å². The number of rotatable bonds is 7. The third-order valence-electron chi connectivity index (χ3n) is 3.67. The molecule has 0 radical (unpaired) electrons. The molecule has 29 heavy (non-hydrogen) atoms. The number of carbonyl (C=O) groups is 3. The lowest BCUT2D eigenvalue weighted by molar-refractivity contribution is -0.115. The summed E-state index contributed by atoms with van der Waals surface area (Å²) >= 11 is 2.21. The molecule has 0 fully saturated rings. The van der Waals surface area contributed by atoms with E-state index >= 15 is 0 Å². The quantitative estimate of drug-likeness (QED) is 0.634. The molecule has 0 aliphatic heterocycles. The SMILES string of the molecule is CC(SCC(=O)Nc1ccc(F)cc1)C(=O)Nc1ccccc1SC(=O)N(C)C. The molecule has 2 aromatic carbocycles. The smallest absolute Gasteiger partial charge is 0.286 e. The first-order valence-corrected chi connectivity index (χ1v) is 10.6. The Bertz CT molecular complexity index is 876. The van der Waals surface area contributed by atoms with Crippen LogP contribution in [0.1, 0.15) is 6.92 Å². The van der Waals surface area contributed by atoms with Crippen molar-refractivity contribution < 1.29 is 18.8 Å². The number of halogens is 1. The zero-order chi connectivity index (χ0) is 21.4. The third-order valence-corrected chi connectivity index (χ3v) is 5.93. The summed E-state index contributed by atoms with van der Waals surface area (Å²) in [5.74, 6) is -0.862. The van der Waals surface area contributed by atoms with Crippen molar-refractivity contribution in [2.45, 2.75) is 17.1 Å². The summed E-state index contributed by atoms with van der Waals surface area (Å²) in [5.41, 5.74) is 1.03. The maximum Gasteiger partial charge on any atom is 0.286 e. The molecule has 0 aliphatic carbocycles. The lowest BCUT2D eigenvalue weighted by Crippen LogP contribution is -2.25. The van der Waals surface area contributed by atoms with Crippen LogP contribution in [0.5, 0.6) is 0 Å². The summed E-state index contributed by atoms with van der Waals surface area (Å²) in [5, 5.41) is 4.82. The average Bonchev–Trinajstić information content (AvgIpc) is 2.69. The molecule has 3 amide bonds. The molecule has 2 N–H and O–H groups in total. The fourth-order valence-electron chi connectivity index (χ4n) is 2.09. The minimum Gasteiger partial charge on any atom is -0.339 e. The number of nitrogens with one attached hydrogen (secondary N) is 2. The second-order valence-corrected chi connectivity index (χ2v) is 8.58. The summed E-state index contributed by atoms with van der Waals surface area (Å²) in [6, 6.07) is 12.5. The molecule has 0 bridgehead atoms. The van der Waals surface area contributed by atoms with E-state index in [0.717, 1.165) is 11.8 Å². The molecule has 1 unspecified atom stereocenters. The molecule has 0 saturated heterocycles. The number of carbonyl (C=O) groups excluding carboxylic acids is 3. The molecule has 9 heteroatoms. The van der Waals surface area contributed by atoms with Gasteiger partial charge in [-0.1, -0.05) is 12.1 Å². The number of thioether (sulfide) groups is 2. The van der Waals surface area contributed by atoms with Gasteiger partial charge in [-0.25, -0.2) is 4.39 Å². The molecule has 0 saturated carbocycles. The van der Waals surface area contributed by atoms with Crippen molar-refractivity contribution in [1.82, 2.24) is 4.90 Å². The number of benzene rings is 2. The van der Waals surface area contributed by atoms with Crippen LogP contribution in [0.2, 0.25) is 0 Å². The zero-order valence-corrected chi connectivity index (χ0v) is 17.9. The molecule has 2 aromatic rings. The van der Waals surface area contributed by atoms with Gasteiger partial charge in [-0.05, 0) is 55.1 Å². The first-order valence-electron chi connectivity index (χ1n) is 8.72. The van der Waals surface area contributed by atoms with Gasteiger partial charge in [0.25, 0.3) is 5.24 Å². The van der Waals surface area contributed by atoms with Crippen molar-refractivity contribution in [2.24, 2.45) is 0 Å². The maximum atomic E-state index is 12.9. The lowest BCUT2D eigenvalue weighted by Gasteiger charge is -2.15. The van der Waals surface area contributed by atoms with Crippen LogP contribution in [0.15, 0.2) is 53.4 Å². The van der Waals surface area contributed by atoms with Gasteiger partial charge in [0, 0.05) is 24.7 Å². The first-order chi connectivity index (χ1) is 13.8. The number of amides is 3. The van der Waals surface area contributed by atoms with Gasteiger partial charge in [0.15, 0.2) is 0 Å². The Hall–Kier alpha value is -2.52. The summed E-state index contributed by atoms with van der Waals surface area (Å²) in [6.07, 6.45) is 0. The molecular formula is C20H22FN3O3S2. The second-order valence-electron chi connectivity index (χ2n) is 6.26. The van der Waals surface area contributed by atoms with E-state index in [9.17, 15) is 18.8 Å². The summed E-state index contributed by atoms with van der Waals surface area (Å²) in [4.78, 5) is 38.5. The first kappa shape index (κ1) is 22.8. The predicted octanol–water partition coefficient (Wildman–Crippen LogP) is 4.30.